The number of anilines is 1. The van der Waals surface area contributed by atoms with E-state index in [-0.39, 0.29) is 5.97 Å². The molecule has 0 spiro atoms. The minimum Gasteiger partial charge on any atom is -0.467 e. The number of esters is 1. The largest absolute Gasteiger partial charge is 0.467 e. The summed E-state index contributed by atoms with van der Waals surface area (Å²) < 4.78 is 4.77. The molecule has 0 heterocycles. The molecule has 0 aromatic heterocycles. The highest BCUT2D eigenvalue weighted by Crippen LogP contribution is 2.18. The highest BCUT2D eigenvalue weighted by molar-refractivity contribution is 5.80. The predicted octanol–water partition coefficient (Wildman–Crippen LogP) is 2.56. The molecule has 0 saturated carbocycles. The molecule has 96 valence electrons. The van der Waals surface area contributed by atoms with Gasteiger partial charge in [-0.25, -0.2) is 4.79 Å². The topological polar surface area (TPSA) is 62.1 Å². The summed E-state index contributed by atoms with van der Waals surface area (Å²) in [5.41, 5.74) is 1.19. The van der Waals surface area contributed by atoms with Gasteiger partial charge in [-0.3, -0.25) is 0 Å². The Bertz CT molecular complexity index is 449. The van der Waals surface area contributed by atoms with Crippen molar-refractivity contribution in [3.63, 3.8) is 0 Å². The average Bonchev–Trinajstić information content (AvgIpc) is 2.37. The van der Waals surface area contributed by atoms with Gasteiger partial charge >= 0.3 is 5.97 Å². The molecule has 0 bridgehead atoms. The summed E-state index contributed by atoms with van der Waals surface area (Å²) >= 11 is 0. The van der Waals surface area contributed by atoms with E-state index in [1.54, 1.807) is 18.2 Å². The molecule has 0 aliphatic rings. The van der Waals surface area contributed by atoms with Crippen LogP contribution in [0.15, 0.2) is 24.3 Å². The van der Waals surface area contributed by atoms with Gasteiger partial charge in [0.15, 0.2) is 0 Å². The first kappa shape index (κ1) is 14.0. The molecule has 4 nitrogen and oxygen atoms in total. The molecule has 1 unspecified atom stereocenters. The maximum Gasteiger partial charge on any atom is 0.328 e. The van der Waals surface area contributed by atoms with Crippen molar-refractivity contribution in [3.05, 3.63) is 29.8 Å². The zero-order chi connectivity index (χ0) is 13.5. The second-order valence-electron chi connectivity index (χ2n) is 4.51. The molecule has 0 fully saturated rings. The van der Waals surface area contributed by atoms with Crippen LogP contribution in [0.1, 0.15) is 25.8 Å². The minimum absolute atomic E-state index is 0.309. The molecule has 4 heteroatoms. The first-order valence-electron chi connectivity index (χ1n) is 5.92. The summed E-state index contributed by atoms with van der Waals surface area (Å²) in [4.78, 5) is 11.7. The lowest BCUT2D eigenvalue weighted by molar-refractivity contribution is -0.141. The van der Waals surface area contributed by atoms with Crippen LogP contribution in [0, 0.1) is 17.2 Å². The van der Waals surface area contributed by atoms with Crippen LogP contribution < -0.4 is 5.32 Å². The number of nitriles is 1. The van der Waals surface area contributed by atoms with E-state index in [1.165, 1.54) is 7.11 Å². The second kappa shape index (κ2) is 6.65. The fraction of sp³-hybridized carbons (Fsp3) is 0.429. The van der Waals surface area contributed by atoms with Gasteiger partial charge in [-0.05, 0) is 24.5 Å². The maximum absolute atomic E-state index is 11.7. The van der Waals surface area contributed by atoms with Crippen LogP contribution in [0.2, 0.25) is 0 Å². The van der Waals surface area contributed by atoms with Crippen LogP contribution in [0.4, 0.5) is 5.69 Å². The lowest BCUT2D eigenvalue weighted by Gasteiger charge is -2.19. The van der Waals surface area contributed by atoms with E-state index in [0.717, 1.165) is 0 Å². The molecular weight excluding hydrogens is 228 g/mol. The molecule has 0 aliphatic heterocycles. The highest BCUT2D eigenvalue weighted by Gasteiger charge is 2.21. The van der Waals surface area contributed by atoms with Crippen molar-refractivity contribution < 1.29 is 9.53 Å². The lowest BCUT2D eigenvalue weighted by Crippen LogP contribution is -2.32. The number of ether oxygens (including phenoxy) is 1. The van der Waals surface area contributed by atoms with Crippen LogP contribution >= 0.6 is 0 Å². The quantitative estimate of drug-likeness (QED) is 0.811. The predicted molar refractivity (Wildman–Crippen MR) is 70.0 cm³/mol. The molecule has 1 aromatic carbocycles. The Morgan fingerprint density at radius 1 is 1.44 bits per heavy atom. The summed E-state index contributed by atoms with van der Waals surface area (Å²) in [6.07, 6.45) is 0.659. The summed E-state index contributed by atoms with van der Waals surface area (Å²) in [5, 5.41) is 12.1. The van der Waals surface area contributed by atoms with E-state index in [0.29, 0.717) is 23.6 Å². The van der Waals surface area contributed by atoms with E-state index >= 15 is 0 Å². The van der Waals surface area contributed by atoms with Gasteiger partial charge in [0, 0.05) is 0 Å². The third-order valence-electron chi connectivity index (χ3n) is 2.57. The monoisotopic (exact) mass is 246 g/mol. The van der Waals surface area contributed by atoms with Crippen LogP contribution in [0.5, 0.6) is 0 Å². The zero-order valence-electron chi connectivity index (χ0n) is 10.9. The molecule has 0 radical (unpaired) electrons. The number of hydrogen-bond acceptors (Lipinski definition) is 4. The smallest absolute Gasteiger partial charge is 0.328 e. The number of carbonyl (C=O) groups is 1. The fourth-order valence-corrected chi connectivity index (χ4v) is 1.72. The Balaban J connectivity index is 2.89. The van der Waals surface area contributed by atoms with Gasteiger partial charge in [-0.15, -0.1) is 0 Å². The van der Waals surface area contributed by atoms with Gasteiger partial charge in [0.05, 0.1) is 18.4 Å². The molecule has 1 aromatic rings. The third kappa shape index (κ3) is 3.77. The fourth-order valence-electron chi connectivity index (χ4n) is 1.72. The number of methoxy groups -OCH3 is 1. The number of hydrogen-bond donors (Lipinski definition) is 1. The molecule has 1 N–H and O–H groups in total. The Kier molecular flexibility index (Phi) is 5.19. The van der Waals surface area contributed by atoms with Crippen molar-refractivity contribution in [1.29, 1.82) is 5.26 Å². The number of nitrogens with zero attached hydrogens (tertiary/aromatic N) is 1. The first-order valence-corrected chi connectivity index (χ1v) is 5.92. The molecule has 1 atom stereocenters. The minimum atomic E-state index is -0.426. The van der Waals surface area contributed by atoms with Crippen molar-refractivity contribution in [2.75, 3.05) is 12.4 Å². The van der Waals surface area contributed by atoms with Gasteiger partial charge in [0.2, 0.25) is 0 Å². The number of carbonyl (C=O) groups excluding carboxylic acids is 1. The number of benzene rings is 1. The van der Waals surface area contributed by atoms with Gasteiger partial charge in [0.1, 0.15) is 12.1 Å². The average molecular weight is 246 g/mol. The lowest BCUT2D eigenvalue weighted by atomic mass is 10.0. The summed E-state index contributed by atoms with van der Waals surface area (Å²) in [5.74, 6) is 0.0484. The van der Waals surface area contributed by atoms with Crippen molar-refractivity contribution in [2.45, 2.75) is 26.3 Å². The molecule has 1 rings (SSSR count). The Morgan fingerprint density at radius 2 is 2.11 bits per heavy atom. The van der Waals surface area contributed by atoms with E-state index in [9.17, 15) is 4.79 Å². The van der Waals surface area contributed by atoms with Crippen molar-refractivity contribution >= 4 is 11.7 Å². The summed E-state index contributed by atoms with van der Waals surface area (Å²) in [6.45, 7) is 4.07. The van der Waals surface area contributed by atoms with Crippen molar-refractivity contribution in [1.82, 2.24) is 0 Å². The molecule has 0 amide bonds. The van der Waals surface area contributed by atoms with Crippen LogP contribution in [-0.4, -0.2) is 19.1 Å². The summed E-state index contributed by atoms with van der Waals surface area (Å²) in [6, 6.07) is 8.79. The molecule has 0 saturated heterocycles. The second-order valence-corrected chi connectivity index (χ2v) is 4.51. The third-order valence-corrected chi connectivity index (χ3v) is 2.57. The van der Waals surface area contributed by atoms with Crippen molar-refractivity contribution in [3.8, 4) is 6.07 Å². The van der Waals surface area contributed by atoms with E-state index in [4.69, 9.17) is 10.00 Å². The summed E-state index contributed by atoms with van der Waals surface area (Å²) in [7, 11) is 1.37. The Labute approximate surface area is 108 Å². The molecule has 0 aliphatic carbocycles. The van der Waals surface area contributed by atoms with Crippen LogP contribution in [0.3, 0.4) is 0 Å². The van der Waals surface area contributed by atoms with E-state index in [2.05, 4.69) is 11.4 Å². The van der Waals surface area contributed by atoms with Gasteiger partial charge in [0.25, 0.3) is 0 Å². The SMILES string of the molecule is COC(=O)C(CC(C)C)Nc1ccccc1C#N. The maximum atomic E-state index is 11.7. The van der Waals surface area contributed by atoms with Gasteiger partial charge in [-0.2, -0.15) is 5.26 Å². The standard InChI is InChI=1S/C14H18N2O2/c1-10(2)8-13(14(17)18-3)16-12-7-5-4-6-11(12)9-15/h4-7,10,13,16H,8H2,1-3H3. The number of nitrogens with one attached hydrogen (secondary N) is 1. The Morgan fingerprint density at radius 3 is 2.67 bits per heavy atom. The Hall–Kier alpha value is -2.02. The van der Waals surface area contributed by atoms with E-state index < -0.39 is 6.04 Å². The van der Waals surface area contributed by atoms with Gasteiger partial charge < -0.3 is 10.1 Å². The first-order chi connectivity index (χ1) is 8.58. The number of para-hydroxylation sites is 1. The number of rotatable bonds is 5. The molecular formula is C14H18N2O2. The van der Waals surface area contributed by atoms with Crippen molar-refractivity contribution in [2.24, 2.45) is 5.92 Å². The van der Waals surface area contributed by atoms with E-state index in [1.807, 2.05) is 19.9 Å². The van der Waals surface area contributed by atoms with Crippen LogP contribution in [0.25, 0.3) is 0 Å². The normalized spacial score (nSPS) is 11.7. The highest BCUT2D eigenvalue weighted by atomic mass is 16.5. The van der Waals surface area contributed by atoms with Gasteiger partial charge in [-0.1, -0.05) is 26.0 Å². The molecule has 18 heavy (non-hydrogen) atoms. The zero-order valence-corrected chi connectivity index (χ0v) is 10.9. The van der Waals surface area contributed by atoms with Crippen LogP contribution in [-0.2, 0) is 9.53 Å².